The molecule has 0 saturated heterocycles. The average Bonchev–Trinajstić information content (AvgIpc) is 2.50. The van der Waals surface area contributed by atoms with E-state index in [0.717, 1.165) is 32.1 Å². The zero-order chi connectivity index (χ0) is 10.6. The van der Waals surface area contributed by atoms with Crippen LogP contribution in [-0.4, -0.2) is 19.4 Å². The normalized spacial score (nSPS) is 49.2. The van der Waals surface area contributed by atoms with Gasteiger partial charge in [-0.1, -0.05) is 25.1 Å². The summed E-state index contributed by atoms with van der Waals surface area (Å²) in [5.74, 6) is 0.890. The standard InChI is InChI=1S/C12H15BO2/c13-9-5-4-8-10-6(9)2-1-3-7(10)11(14)12(8)15/h6-10H,1-5H2. The molecule has 0 aliphatic heterocycles. The van der Waals surface area contributed by atoms with Crippen LogP contribution in [0, 0.1) is 23.7 Å². The topological polar surface area (TPSA) is 34.1 Å². The smallest absolute Gasteiger partial charge is 0.202 e. The van der Waals surface area contributed by atoms with Crippen LogP contribution in [0.2, 0.25) is 5.82 Å². The lowest BCUT2D eigenvalue weighted by Crippen LogP contribution is -2.36. The number of Topliss-reactive ketones (excluding diaryl/α,β-unsaturated/α-hetero) is 2. The molecule has 5 atom stereocenters. The van der Waals surface area contributed by atoms with E-state index in [4.69, 9.17) is 7.85 Å². The average molecular weight is 202 g/mol. The summed E-state index contributed by atoms with van der Waals surface area (Å²) in [7, 11) is 6.11. The maximum Gasteiger partial charge on any atom is 0.202 e. The molecule has 0 aromatic rings. The van der Waals surface area contributed by atoms with Crippen molar-refractivity contribution < 1.29 is 9.59 Å². The SMILES string of the molecule is [B]C1CCC2C(=O)C(=O)C3CCCC1C32. The summed E-state index contributed by atoms with van der Waals surface area (Å²) in [5, 5.41) is 0. The molecule has 3 rings (SSSR count). The second-order valence-corrected chi connectivity index (χ2v) is 5.35. The Morgan fingerprint density at radius 3 is 2.33 bits per heavy atom. The number of hydrogen-bond acceptors (Lipinski definition) is 2. The highest BCUT2D eigenvalue weighted by Gasteiger charge is 2.55. The first kappa shape index (κ1) is 9.62. The molecule has 3 aliphatic carbocycles. The van der Waals surface area contributed by atoms with Crippen LogP contribution in [-0.2, 0) is 9.59 Å². The molecule has 2 radical (unpaired) electrons. The van der Waals surface area contributed by atoms with E-state index in [-0.39, 0.29) is 29.2 Å². The van der Waals surface area contributed by atoms with Gasteiger partial charge in [-0.25, -0.2) is 0 Å². The second kappa shape index (κ2) is 3.20. The maximum absolute atomic E-state index is 11.8. The van der Waals surface area contributed by atoms with Crippen molar-refractivity contribution in [1.82, 2.24) is 0 Å². The molecule has 5 unspecified atom stereocenters. The Morgan fingerprint density at radius 2 is 1.60 bits per heavy atom. The fourth-order valence-corrected chi connectivity index (χ4v) is 4.09. The summed E-state index contributed by atoms with van der Waals surface area (Å²) in [6.45, 7) is 0. The fourth-order valence-electron chi connectivity index (χ4n) is 4.09. The van der Waals surface area contributed by atoms with Crippen LogP contribution in [0.5, 0.6) is 0 Å². The van der Waals surface area contributed by atoms with Gasteiger partial charge in [-0.05, 0) is 24.7 Å². The molecule has 3 fully saturated rings. The Labute approximate surface area is 91.2 Å². The minimum atomic E-state index is -0.0798. The number of carbonyl (C=O) groups excluding carboxylic acids is 2. The van der Waals surface area contributed by atoms with Crippen LogP contribution in [0.3, 0.4) is 0 Å². The van der Waals surface area contributed by atoms with Gasteiger partial charge < -0.3 is 0 Å². The Hall–Kier alpha value is -0.595. The Balaban J connectivity index is 1.98. The highest BCUT2D eigenvalue weighted by atomic mass is 16.2. The summed E-state index contributed by atoms with van der Waals surface area (Å²) in [4.78, 5) is 23.6. The molecule has 3 heteroatoms. The molecule has 0 amide bonds. The van der Waals surface area contributed by atoms with Crippen molar-refractivity contribution in [1.29, 1.82) is 0 Å². The van der Waals surface area contributed by atoms with Crippen molar-refractivity contribution in [3.05, 3.63) is 0 Å². The Morgan fingerprint density at radius 1 is 0.933 bits per heavy atom. The molecule has 0 aromatic carbocycles. The van der Waals surface area contributed by atoms with E-state index in [1.807, 2.05) is 0 Å². The highest BCUT2D eigenvalue weighted by Crippen LogP contribution is 2.54. The van der Waals surface area contributed by atoms with E-state index >= 15 is 0 Å². The number of carbonyl (C=O) groups is 2. The number of ketones is 2. The van der Waals surface area contributed by atoms with Crippen molar-refractivity contribution in [2.75, 3.05) is 0 Å². The molecule has 0 bridgehead atoms. The molecule has 0 heterocycles. The summed E-state index contributed by atoms with van der Waals surface area (Å²) >= 11 is 0. The van der Waals surface area contributed by atoms with Gasteiger partial charge in [0.1, 0.15) is 0 Å². The molecule has 2 nitrogen and oxygen atoms in total. The zero-order valence-corrected chi connectivity index (χ0v) is 8.82. The van der Waals surface area contributed by atoms with Crippen molar-refractivity contribution in [3.63, 3.8) is 0 Å². The van der Waals surface area contributed by atoms with Gasteiger partial charge in [-0.15, -0.1) is 0 Å². The van der Waals surface area contributed by atoms with Crippen LogP contribution >= 0.6 is 0 Å². The first-order chi connectivity index (χ1) is 7.20. The highest BCUT2D eigenvalue weighted by molar-refractivity contribution is 6.41. The van der Waals surface area contributed by atoms with Crippen molar-refractivity contribution in [2.45, 2.75) is 37.9 Å². The van der Waals surface area contributed by atoms with Gasteiger partial charge in [0.15, 0.2) is 0 Å². The quantitative estimate of drug-likeness (QED) is 0.441. The van der Waals surface area contributed by atoms with Gasteiger partial charge >= 0.3 is 0 Å². The predicted molar refractivity (Wildman–Crippen MR) is 56.6 cm³/mol. The first-order valence-electron chi connectivity index (χ1n) is 6.04. The lowest BCUT2D eigenvalue weighted by Gasteiger charge is -2.43. The lowest BCUT2D eigenvalue weighted by molar-refractivity contribution is -0.137. The van der Waals surface area contributed by atoms with Gasteiger partial charge in [0, 0.05) is 11.8 Å². The van der Waals surface area contributed by atoms with E-state index in [2.05, 4.69) is 0 Å². The molecule has 78 valence electrons. The third-order valence-corrected chi connectivity index (χ3v) is 4.75. The summed E-state index contributed by atoms with van der Waals surface area (Å²) in [6.07, 6.45) is 4.90. The van der Waals surface area contributed by atoms with Crippen molar-refractivity contribution in [2.24, 2.45) is 23.7 Å². The van der Waals surface area contributed by atoms with E-state index in [1.54, 1.807) is 0 Å². The van der Waals surface area contributed by atoms with E-state index in [0.29, 0.717) is 11.8 Å². The molecule has 15 heavy (non-hydrogen) atoms. The van der Waals surface area contributed by atoms with Crippen LogP contribution in [0.4, 0.5) is 0 Å². The summed E-state index contributed by atoms with van der Waals surface area (Å²) in [6, 6.07) is 0. The van der Waals surface area contributed by atoms with E-state index in [1.165, 1.54) is 0 Å². The molecule has 3 saturated carbocycles. The fraction of sp³-hybridized carbons (Fsp3) is 0.833. The molecule has 3 aliphatic rings. The summed E-state index contributed by atoms with van der Waals surface area (Å²) in [5.41, 5.74) is 0. The lowest BCUT2D eigenvalue weighted by atomic mass is 9.55. The largest absolute Gasteiger partial charge is 0.291 e. The minimum absolute atomic E-state index is 0.0348. The minimum Gasteiger partial charge on any atom is -0.291 e. The van der Waals surface area contributed by atoms with E-state index < -0.39 is 0 Å². The molecule has 0 aromatic heterocycles. The van der Waals surface area contributed by atoms with Crippen LogP contribution in [0.15, 0.2) is 0 Å². The molecule has 0 spiro atoms. The summed E-state index contributed by atoms with van der Waals surface area (Å²) < 4.78 is 0. The monoisotopic (exact) mass is 202 g/mol. The molecular formula is C12H15BO2. The van der Waals surface area contributed by atoms with Gasteiger partial charge in [0.25, 0.3) is 0 Å². The van der Waals surface area contributed by atoms with Crippen LogP contribution < -0.4 is 0 Å². The van der Waals surface area contributed by atoms with E-state index in [9.17, 15) is 9.59 Å². The first-order valence-corrected chi connectivity index (χ1v) is 6.04. The van der Waals surface area contributed by atoms with Gasteiger partial charge in [-0.2, -0.15) is 0 Å². The number of hydrogen-bond donors (Lipinski definition) is 0. The van der Waals surface area contributed by atoms with Crippen LogP contribution in [0.25, 0.3) is 0 Å². The van der Waals surface area contributed by atoms with Crippen molar-refractivity contribution in [3.8, 4) is 0 Å². The van der Waals surface area contributed by atoms with Gasteiger partial charge in [0.05, 0.1) is 7.85 Å². The zero-order valence-electron chi connectivity index (χ0n) is 8.82. The number of rotatable bonds is 0. The predicted octanol–water partition coefficient (Wildman–Crippen LogP) is 1.54. The van der Waals surface area contributed by atoms with Gasteiger partial charge in [-0.3, -0.25) is 9.59 Å². The third kappa shape index (κ3) is 1.18. The second-order valence-electron chi connectivity index (χ2n) is 5.35. The third-order valence-electron chi connectivity index (χ3n) is 4.75. The van der Waals surface area contributed by atoms with Crippen LogP contribution in [0.1, 0.15) is 32.1 Å². The Bertz CT molecular complexity index is 310. The van der Waals surface area contributed by atoms with Crippen molar-refractivity contribution >= 4 is 19.4 Å². The molecular weight excluding hydrogens is 187 g/mol. The van der Waals surface area contributed by atoms with Gasteiger partial charge in [0.2, 0.25) is 11.6 Å². The Kier molecular flexibility index (Phi) is 2.05. The maximum atomic E-state index is 11.8. The molecule has 0 N–H and O–H groups in total.